The van der Waals surface area contributed by atoms with Crippen molar-refractivity contribution in [3.63, 3.8) is 0 Å². The molecular weight excluding hydrogens is 360 g/mol. The van der Waals surface area contributed by atoms with Gasteiger partial charge < -0.3 is 9.47 Å². The maximum absolute atomic E-state index is 13.1. The van der Waals surface area contributed by atoms with Crippen LogP contribution in [0.3, 0.4) is 0 Å². The van der Waals surface area contributed by atoms with Gasteiger partial charge in [0.1, 0.15) is 0 Å². The van der Waals surface area contributed by atoms with Crippen LogP contribution < -0.4 is 0 Å². The van der Waals surface area contributed by atoms with Gasteiger partial charge in [-0.1, -0.05) is 24.3 Å². The number of nitrogens with zero attached hydrogens (tertiary/aromatic N) is 4. The fourth-order valence-corrected chi connectivity index (χ4v) is 4.71. The van der Waals surface area contributed by atoms with Crippen molar-refractivity contribution in [3.05, 3.63) is 83.4 Å². The van der Waals surface area contributed by atoms with Crippen LogP contribution in [0.25, 0.3) is 5.69 Å². The number of hydrogen-bond donors (Lipinski definition) is 0. The number of fused-ring (bicyclic) bond motifs is 1. The molecule has 5 rings (SSSR count). The van der Waals surface area contributed by atoms with Crippen molar-refractivity contribution < 1.29 is 4.79 Å². The lowest BCUT2D eigenvalue weighted by Crippen LogP contribution is -2.52. The van der Waals surface area contributed by atoms with Gasteiger partial charge in [0.05, 0.1) is 6.33 Å². The predicted octanol–water partition coefficient (Wildman–Crippen LogP) is 3.11. The summed E-state index contributed by atoms with van der Waals surface area (Å²) in [7, 11) is 0. The van der Waals surface area contributed by atoms with Crippen LogP contribution in [0.4, 0.5) is 0 Å². The molecular formula is C24H26N4O. The molecule has 1 amide bonds. The molecule has 0 radical (unpaired) electrons. The first-order valence-electron chi connectivity index (χ1n) is 10.4. The molecule has 0 unspecified atom stereocenters. The van der Waals surface area contributed by atoms with Crippen LogP contribution in [-0.4, -0.2) is 57.5 Å². The Labute approximate surface area is 171 Å². The molecule has 1 saturated heterocycles. The van der Waals surface area contributed by atoms with Gasteiger partial charge >= 0.3 is 0 Å². The number of benzene rings is 2. The fourth-order valence-electron chi connectivity index (χ4n) is 4.71. The summed E-state index contributed by atoms with van der Waals surface area (Å²) in [5.41, 5.74) is 5.82. The van der Waals surface area contributed by atoms with Crippen LogP contribution in [0.15, 0.2) is 61.2 Å². The van der Waals surface area contributed by atoms with Crippen molar-refractivity contribution in [1.82, 2.24) is 19.4 Å². The summed E-state index contributed by atoms with van der Waals surface area (Å²) in [6.45, 7) is 5.52. The smallest absolute Gasteiger partial charge is 0.254 e. The molecule has 0 saturated carbocycles. The summed E-state index contributed by atoms with van der Waals surface area (Å²) in [5, 5.41) is 0. The van der Waals surface area contributed by atoms with Crippen LogP contribution >= 0.6 is 0 Å². The molecule has 5 nitrogen and oxygen atoms in total. The Morgan fingerprint density at radius 1 is 1.00 bits per heavy atom. The first-order valence-corrected chi connectivity index (χ1v) is 10.4. The zero-order valence-corrected chi connectivity index (χ0v) is 16.8. The highest BCUT2D eigenvalue weighted by atomic mass is 16.2. The van der Waals surface area contributed by atoms with Gasteiger partial charge in [-0.2, -0.15) is 0 Å². The average molecular weight is 386 g/mol. The molecule has 5 heteroatoms. The van der Waals surface area contributed by atoms with E-state index in [1.165, 1.54) is 11.1 Å². The highest BCUT2D eigenvalue weighted by molar-refractivity contribution is 5.96. The van der Waals surface area contributed by atoms with Crippen LogP contribution in [-0.2, 0) is 12.8 Å². The Hall–Kier alpha value is -2.92. The molecule has 1 aliphatic heterocycles. The highest BCUT2D eigenvalue weighted by Crippen LogP contribution is 2.26. The molecule has 1 aromatic heterocycles. The Morgan fingerprint density at radius 3 is 2.34 bits per heavy atom. The Balaban J connectivity index is 1.23. The first kappa shape index (κ1) is 18.1. The second kappa shape index (κ2) is 7.48. The molecule has 0 bridgehead atoms. The van der Waals surface area contributed by atoms with Crippen LogP contribution in [0.2, 0.25) is 0 Å². The summed E-state index contributed by atoms with van der Waals surface area (Å²) >= 11 is 0. The standard InChI is InChI=1S/C24H26N4O/c1-18-14-21(28-9-8-25-17-28)6-7-23(18)24(29)27-12-10-26(11-13-27)22-15-19-4-2-3-5-20(19)16-22/h2-9,14,17,22H,10-13,15-16H2,1H3. The topological polar surface area (TPSA) is 41.4 Å². The lowest BCUT2D eigenvalue weighted by Gasteiger charge is -2.38. The molecule has 148 valence electrons. The SMILES string of the molecule is Cc1cc(-n2ccnc2)ccc1C(=O)N1CCN(C2Cc3ccccc3C2)CC1. The van der Waals surface area contributed by atoms with Gasteiger partial charge in [0.15, 0.2) is 0 Å². The molecule has 2 aromatic carbocycles. The highest BCUT2D eigenvalue weighted by Gasteiger charge is 2.30. The van der Waals surface area contributed by atoms with Crippen LogP contribution in [0, 0.1) is 6.92 Å². The van der Waals surface area contributed by atoms with Gasteiger partial charge in [0, 0.05) is 55.9 Å². The van der Waals surface area contributed by atoms with Gasteiger partial charge in [0.25, 0.3) is 5.91 Å². The number of amides is 1. The third-order valence-corrected chi connectivity index (χ3v) is 6.39. The molecule has 3 aromatic rings. The zero-order chi connectivity index (χ0) is 19.8. The minimum Gasteiger partial charge on any atom is -0.336 e. The molecule has 1 fully saturated rings. The molecule has 0 atom stereocenters. The van der Waals surface area contributed by atoms with E-state index in [2.05, 4.69) is 40.2 Å². The van der Waals surface area contributed by atoms with Crippen LogP contribution in [0.5, 0.6) is 0 Å². The Bertz CT molecular complexity index is 994. The van der Waals surface area contributed by atoms with Gasteiger partial charge in [-0.05, 0) is 54.7 Å². The summed E-state index contributed by atoms with van der Waals surface area (Å²) in [6, 6.07) is 15.4. The van der Waals surface area contributed by atoms with E-state index in [0.29, 0.717) is 6.04 Å². The fraction of sp³-hybridized carbons (Fsp3) is 0.333. The third kappa shape index (κ3) is 3.47. The van der Waals surface area contributed by atoms with Crippen molar-refractivity contribution in [2.24, 2.45) is 0 Å². The van der Waals surface area contributed by atoms with E-state index >= 15 is 0 Å². The Kier molecular flexibility index (Phi) is 4.68. The van der Waals surface area contributed by atoms with E-state index in [0.717, 1.165) is 55.8 Å². The molecule has 2 heterocycles. The maximum Gasteiger partial charge on any atom is 0.254 e. The number of aryl methyl sites for hydroxylation is 1. The van der Waals surface area contributed by atoms with Gasteiger partial charge in [-0.15, -0.1) is 0 Å². The van der Waals surface area contributed by atoms with Gasteiger partial charge in [-0.25, -0.2) is 4.98 Å². The van der Waals surface area contributed by atoms with Gasteiger partial charge in [0.2, 0.25) is 0 Å². The van der Waals surface area contributed by atoms with Gasteiger partial charge in [-0.3, -0.25) is 9.69 Å². The van der Waals surface area contributed by atoms with Crippen molar-refractivity contribution >= 4 is 5.91 Å². The number of carbonyl (C=O) groups excluding carboxylic acids is 1. The molecule has 29 heavy (non-hydrogen) atoms. The molecule has 1 aliphatic carbocycles. The van der Waals surface area contributed by atoms with Crippen molar-refractivity contribution in [3.8, 4) is 5.69 Å². The molecule has 2 aliphatic rings. The van der Waals surface area contributed by atoms with E-state index in [-0.39, 0.29) is 5.91 Å². The predicted molar refractivity (Wildman–Crippen MR) is 113 cm³/mol. The maximum atomic E-state index is 13.1. The van der Waals surface area contributed by atoms with Crippen molar-refractivity contribution in [1.29, 1.82) is 0 Å². The minimum absolute atomic E-state index is 0.147. The summed E-state index contributed by atoms with van der Waals surface area (Å²) in [4.78, 5) is 21.8. The van der Waals surface area contributed by atoms with E-state index in [1.54, 1.807) is 12.5 Å². The quantitative estimate of drug-likeness (QED) is 0.695. The summed E-state index contributed by atoms with van der Waals surface area (Å²) < 4.78 is 1.96. The number of rotatable bonds is 3. The van der Waals surface area contributed by atoms with E-state index in [9.17, 15) is 4.79 Å². The van der Waals surface area contributed by atoms with E-state index in [1.807, 2.05) is 34.7 Å². The number of hydrogen-bond acceptors (Lipinski definition) is 3. The summed E-state index contributed by atoms with van der Waals surface area (Å²) in [5.74, 6) is 0.147. The third-order valence-electron chi connectivity index (χ3n) is 6.39. The van der Waals surface area contributed by atoms with E-state index < -0.39 is 0 Å². The zero-order valence-electron chi connectivity index (χ0n) is 16.8. The Morgan fingerprint density at radius 2 is 1.72 bits per heavy atom. The molecule has 0 spiro atoms. The normalized spacial score (nSPS) is 17.5. The van der Waals surface area contributed by atoms with Crippen molar-refractivity contribution in [2.75, 3.05) is 26.2 Å². The minimum atomic E-state index is 0.147. The van der Waals surface area contributed by atoms with E-state index in [4.69, 9.17) is 0 Å². The molecule has 0 N–H and O–H groups in total. The monoisotopic (exact) mass is 386 g/mol. The summed E-state index contributed by atoms with van der Waals surface area (Å²) in [6.07, 6.45) is 7.72. The lowest BCUT2D eigenvalue weighted by atomic mass is 10.1. The first-order chi connectivity index (χ1) is 14.2. The van der Waals surface area contributed by atoms with Crippen LogP contribution in [0.1, 0.15) is 27.0 Å². The van der Waals surface area contributed by atoms with Crippen molar-refractivity contribution in [2.45, 2.75) is 25.8 Å². The number of imidazole rings is 1. The number of carbonyl (C=O) groups is 1. The number of piperazine rings is 1. The lowest BCUT2D eigenvalue weighted by molar-refractivity contribution is 0.0575. The largest absolute Gasteiger partial charge is 0.336 e. The second-order valence-electron chi connectivity index (χ2n) is 8.13. The second-order valence-corrected chi connectivity index (χ2v) is 8.13. The number of aromatic nitrogens is 2. The average Bonchev–Trinajstić information content (AvgIpc) is 3.43.